The monoisotopic (exact) mass is 179 g/mol. The fourth-order valence-electron chi connectivity index (χ4n) is 0.759. The van der Waals surface area contributed by atoms with E-state index in [1.807, 2.05) is 0 Å². The number of carboxylic acids is 1. The van der Waals surface area contributed by atoms with Gasteiger partial charge in [-0.05, 0) is 17.7 Å². The quantitative estimate of drug-likeness (QED) is 0.710. The van der Waals surface area contributed by atoms with E-state index >= 15 is 0 Å². The van der Waals surface area contributed by atoms with Crippen LogP contribution in [0.2, 0.25) is 0 Å². The second-order valence-corrected chi connectivity index (χ2v) is 2.43. The summed E-state index contributed by atoms with van der Waals surface area (Å²) in [7, 11) is 0. The Labute approximate surface area is 75.2 Å². The number of nitrogens with zero attached hydrogens (tertiary/aromatic N) is 1. The molecule has 1 rings (SSSR count). The molecule has 0 amide bonds. The maximum atomic E-state index is 10.2. The van der Waals surface area contributed by atoms with Crippen LogP contribution in [0.1, 0.15) is 5.56 Å². The van der Waals surface area contributed by atoms with Crippen molar-refractivity contribution in [1.29, 1.82) is 0 Å². The molecule has 0 radical (unpaired) electrons. The Bertz CT molecular complexity index is 308. The van der Waals surface area contributed by atoms with E-state index in [0.29, 0.717) is 0 Å². The number of carbonyl (C=O) groups is 1. The van der Waals surface area contributed by atoms with E-state index in [-0.39, 0.29) is 0 Å². The lowest BCUT2D eigenvalue weighted by Gasteiger charge is -1.96. The van der Waals surface area contributed by atoms with Crippen molar-refractivity contribution in [3.63, 3.8) is 0 Å². The van der Waals surface area contributed by atoms with Crippen molar-refractivity contribution in [2.45, 2.75) is 6.10 Å². The van der Waals surface area contributed by atoms with Crippen molar-refractivity contribution in [3.05, 3.63) is 36.2 Å². The van der Waals surface area contributed by atoms with Gasteiger partial charge < -0.3 is 10.2 Å². The summed E-state index contributed by atoms with van der Waals surface area (Å²) in [6, 6.07) is 3.49. The van der Waals surface area contributed by atoms with Crippen molar-refractivity contribution < 1.29 is 15.0 Å². The molecule has 2 N–H and O–H groups in total. The molecule has 4 nitrogen and oxygen atoms in total. The van der Waals surface area contributed by atoms with E-state index < -0.39 is 12.1 Å². The Morgan fingerprint density at radius 3 is 2.92 bits per heavy atom. The van der Waals surface area contributed by atoms with Crippen LogP contribution < -0.4 is 0 Å². The van der Waals surface area contributed by atoms with E-state index in [9.17, 15) is 4.79 Å². The van der Waals surface area contributed by atoms with Crippen LogP contribution in [0.15, 0.2) is 30.6 Å². The minimum atomic E-state index is -1.46. The number of pyridine rings is 1. The molecule has 1 aromatic rings. The fraction of sp³-hybridized carbons (Fsp3) is 0.111. The molecule has 1 heterocycles. The SMILES string of the molecule is O=C(O)C(O)/C=C/c1cccnc1. The minimum absolute atomic E-state index is 0.753. The summed E-state index contributed by atoms with van der Waals surface area (Å²) in [5.74, 6) is -1.26. The molecule has 4 heteroatoms. The molecule has 0 bridgehead atoms. The second-order valence-electron chi connectivity index (χ2n) is 2.43. The average molecular weight is 179 g/mol. The molecule has 0 saturated heterocycles. The standard InChI is InChI=1S/C9H9NO3/c11-8(9(12)13)4-3-7-2-1-5-10-6-7/h1-6,8,11H,(H,12,13)/b4-3+. The number of aliphatic carboxylic acids is 1. The normalized spacial score (nSPS) is 13.0. The van der Waals surface area contributed by atoms with Gasteiger partial charge in [-0.1, -0.05) is 12.1 Å². The summed E-state index contributed by atoms with van der Waals surface area (Å²) in [4.78, 5) is 14.0. The van der Waals surface area contributed by atoms with Gasteiger partial charge in [0.05, 0.1) is 0 Å². The van der Waals surface area contributed by atoms with E-state index in [0.717, 1.165) is 5.56 Å². The summed E-state index contributed by atoms with van der Waals surface area (Å²) in [6.45, 7) is 0. The highest BCUT2D eigenvalue weighted by Crippen LogP contribution is 1.99. The maximum Gasteiger partial charge on any atom is 0.336 e. The zero-order chi connectivity index (χ0) is 9.68. The molecule has 68 valence electrons. The highest BCUT2D eigenvalue weighted by molar-refractivity contribution is 5.75. The highest BCUT2D eigenvalue weighted by Gasteiger charge is 2.06. The maximum absolute atomic E-state index is 10.2. The molecule has 1 atom stereocenters. The van der Waals surface area contributed by atoms with Gasteiger partial charge in [0.2, 0.25) is 0 Å². The van der Waals surface area contributed by atoms with Crippen LogP contribution >= 0.6 is 0 Å². The average Bonchev–Trinajstić information content (AvgIpc) is 2.15. The van der Waals surface area contributed by atoms with E-state index in [1.54, 1.807) is 24.5 Å². The van der Waals surface area contributed by atoms with Gasteiger partial charge in [0, 0.05) is 12.4 Å². The Balaban J connectivity index is 2.64. The zero-order valence-corrected chi connectivity index (χ0v) is 6.79. The second kappa shape index (κ2) is 4.37. The van der Waals surface area contributed by atoms with Gasteiger partial charge in [0.25, 0.3) is 0 Å². The van der Waals surface area contributed by atoms with Crippen molar-refractivity contribution in [3.8, 4) is 0 Å². The van der Waals surface area contributed by atoms with Crippen LogP contribution in [0.25, 0.3) is 6.08 Å². The molecule has 1 aromatic heterocycles. The van der Waals surface area contributed by atoms with Gasteiger partial charge in [-0.15, -0.1) is 0 Å². The molecule has 0 aliphatic rings. The first-order chi connectivity index (χ1) is 6.20. The number of hydrogen-bond donors (Lipinski definition) is 2. The van der Waals surface area contributed by atoms with Crippen LogP contribution in [0.3, 0.4) is 0 Å². The summed E-state index contributed by atoms with van der Waals surface area (Å²) in [5, 5.41) is 17.2. The van der Waals surface area contributed by atoms with Gasteiger partial charge in [0.15, 0.2) is 6.10 Å². The molecule has 0 spiro atoms. The van der Waals surface area contributed by atoms with Crippen molar-refractivity contribution >= 4 is 12.0 Å². The van der Waals surface area contributed by atoms with Crippen molar-refractivity contribution in [2.75, 3.05) is 0 Å². The number of rotatable bonds is 3. The topological polar surface area (TPSA) is 70.4 Å². The van der Waals surface area contributed by atoms with Crippen LogP contribution in [-0.2, 0) is 4.79 Å². The lowest BCUT2D eigenvalue weighted by atomic mass is 10.2. The molecular formula is C9H9NO3. The number of aliphatic hydroxyl groups excluding tert-OH is 1. The first-order valence-electron chi connectivity index (χ1n) is 3.69. The van der Waals surface area contributed by atoms with Gasteiger partial charge in [-0.25, -0.2) is 4.79 Å². The van der Waals surface area contributed by atoms with Crippen LogP contribution in [0.5, 0.6) is 0 Å². The third kappa shape index (κ3) is 3.04. The summed E-state index contributed by atoms with van der Waals surface area (Å²) in [5.41, 5.74) is 0.753. The first kappa shape index (κ1) is 9.41. The minimum Gasteiger partial charge on any atom is -0.479 e. The van der Waals surface area contributed by atoms with E-state index in [1.165, 1.54) is 12.2 Å². The van der Waals surface area contributed by atoms with Crippen LogP contribution in [-0.4, -0.2) is 27.3 Å². The molecule has 1 unspecified atom stereocenters. The molecule has 13 heavy (non-hydrogen) atoms. The van der Waals surface area contributed by atoms with E-state index in [4.69, 9.17) is 10.2 Å². The summed E-state index contributed by atoms with van der Waals surface area (Å²) in [6.07, 6.45) is 4.43. The largest absolute Gasteiger partial charge is 0.479 e. The Hall–Kier alpha value is -1.68. The smallest absolute Gasteiger partial charge is 0.336 e. The lowest BCUT2D eigenvalue weighted by Crippen LogP contribution is -2.15. The predicted molar refractivity (Wildman–Crippen MR) is 46.9 cm³/mol. The lowest BCUT2D eigenvalue weighted by molar-refractivity contribution is -0.143. The molecule has 0 fully saturated rings. The fourth-order valence-corrected chi connectivity index (χ4v) is 0.759. The Kier molecular flexibility index (Phi) is 3.16. The van der Waals surface area contributed by atoms with Crippen molar-refractivity contribution in [1.82, 2.24) is 4.98 Å². The van der Waals surface area contributed by atoms with Gasteiger partial charge in [0.1, 0.15) is 0 Å². The van der Waals surface area contributed by atoms with Crippen molar-refractivity contribution in [2.24, 2.45) is 0 Å². The number of aliphatic hydroxyl groups is 1. The van der Waals surface area contributed by atoms with Gasteiger partial charge in [-0.3, -0.25) is 4.98 Å². The van der Waals surface area contributed by atoms with Crippen LogP contribution in [0.4, 0.5) is 0 Å². The van der Waals surface area contributed by atoms with Gasteiger partial charge in [-0.2, -0.15) is 0 Å². The highest BCUT2D eigenvalue weighted by atomic mass is 16.4. The van der Waals surface area contributed by atoms with Gasteiger partial charge >= 0.3 is 5.97 Å². The third-order valence-corrected chi connectivity index (χ3v) is 1.41. The summed E-state index contributed by atoms with van der Waals surface area (Å²) < 4.78 is 0. The number of hydrogen-bond acceptors (Lipinski definition) is 3. The van der Waals surface area contributed by atoms with Crippen LogP contribution in [0, 0.1) is 0 Å². The molecule has 0 aliphatic heterocycles. The molecule has 0 aromatic carbocycles. The number of carboxylic acid groups (broad SMARTS) is 1. The molecule has 0 saturated carbocycles. The molecular weight excluding hydrogens is 170 g/mol. The Morgan fingerprint density at radius 1 is 1.62 bits per heavy atom. The van der Waals surface area contributed by atoms with E-state index in [2.05, 4.69) is 4.98 Å². The molecule has 0 aliphatic carbocycles. The Morgan fingerprint density at radius 2 is 2.38 bits per heavy atom. The number of aromatic nitrogens is 1. The zero-order valence-electron chi connectivity index (χ0n) is 6.79. The summed E-state index contributed by atoms with van der Waals surface area (Å²) >= 11 is 0. The first-order valence-corrected chi connectivity index (χ1v) is 3.69. The predicted octanol–water partition coefficient (Wildman–Crippen LogP) is 0.540. The third-order valence-electron chi connectivity index (χ3n) is 1.41.